The molecule has 0 radical (unpaired) electrons. The van der Waals surface area contributed by atoms with Crippen LogP contribution in [0.25, 0.3) is 0 Å². The average molecular weight is 227 g/mol. The van der Waals surface area contributed by atoms with E-state index in [1.165, 1.54) is 11.3 Å². The van der Waals surface area contributed by atoms with Crippen molar-refractivity contribution >= 4 is 0 Å². The minimum atomic E-state index is -0.533. The molecule has 0 unspecified atom stereocenters. The first kappa shape index (κ1) is 11.1. The van der Waals surface area contributed by atoms with Gasteiger partial charge >= 0.3 is 5.69 Å². The van der Waals surface area contributed by atoms with Crippen LogP contribution in [0.3, 0.4) is 0 Å². The summed E-state index contributed by atoms with van der Waals surface area (Å²) in [4.78, 5) is 32.3. The van der Waals surface area contributed by atoms with Crippen LogP contribution in [0.1, 0.15) is 18.0 Å². The number of H-pyrrole nitrogens is 2. The molecule has 3 N–H and O–H groups in total. The Balaban J connectivity index is 2.31. The Morgan fingerprint density at radius 3 is 2.94 bits per heavy atom. The van der Waals surface area contributed by atoms with Crippen molar-refractivity contribution in [1.29, 1.82) is 0 Å². The Bertz CT molecular complexity index is 480. The van der Waals surface area contributed by atoms with Crippen LogP contribution in [-0.4, -0.2) is 39.9 Å². The second-order valence-corrected chi connectivity index (χ2v) is 3.73. The highest BCUT2D eigenvalue weighted by Gasteiger charge is 2.33. The Morgan fingerprint density at radius 1 is 1.62 bits per heavy atom. The van der Waals surface area contributed by atoms with Crippen molar-refractivity contribution in [2.45, 2.75) is 18.6 Å². The van der Waals surface area contributed by atoms with Crippen LogP contribution in [0.15, 0.2) is 15.8 Å². The molecule has 7 nitrogen and oxygen atoms in total. The number of aliphatic hydroxyl groups is 1. The van der Waals surface area contributed by atoms with E-state index in [4.69, 9.17) is 9.94 Å². The van der Waals surface area contributed by atoms with Gasteiger partial charge in [-0.25, -0.2) is 4.79 Å². The molecule has 0 aliphatic carbocycles. The lowest BCUT2D eigenvalue weighted by Crippen LogP contribution is -2.29. The summed E-state index contributed by atoms with van der Waals surface area (Å²) < 4.78 is 0. The maximum absolute atomic E-state index is 11.5. The first-order valence-electron chi connectivity index (χ1n) is 4.94. The highest BCUT2D eigenvalue weighted by Crippen LogP contribution is 2.29. The van der Waals surface area contributed by atoms with Crippen molar-refractivity contribution in [3.05, 3.63) is 32.6 Å². The fraction of sp³-hybridized carbons (Fsp3) is 0.556. The number of aromatic nitrogens is 2. The molecule has 1 saturated heterocycles. The topological polar surface area (TPSA) is 98.4 Å². The predicted molar refractivity (Wildman–Crippen MR) is 54.8 cm³/mol. The molecule has 0 saturated carbocycles. The van der Waals surface area contributed by atoms with Crippen molar-refractivity contribution in [2.24, 2.45) is 0 Å². The molecular formula is C9H13N3O4. The lowest BCUT2D eigenvalue weighted by atomic mass is 10.1. The molecule has 0 bridgehead atoms. The molecule has 0 amide bonds. The van der Waals surface area contributed by atoms with Gasteiger partial charge in [0.1, 0.15) is 6.10 Å². The number of aliphatic hydroxyl groups excluding tert-OH is 1. The van der Waals surface area contributed by atoms with Gasteiger partial charge in [0.05, 0.1) is 18.2 Å². The van der Waals surface area contributed by atoms with Gasteiger partial charge in [0.2, 0.25) is 0 Å². The number of nitrogens with one attached hydrogen (secondary N) is 2. The minimum Gasteiger partial charge on any atom is -0.394 e. The van der Waals surface area contributed by atoms with Crippen LogP contribution in [0, 0.1) is 0 Å². The van der Waals surface area contributed by atoms with E-state index in [-0.39, 0.29) is 18.8 Å². The molecule has 0 aromatic carbocycles. The quantitative estimate of drug-likeness (QED) is 0.585. The number of hydroxylamine groups is 2. The third kappa shape index (κ3) is 1.92. The molecule has 16 heavy (non-hydrogen) atoms. The number of aromatic amines is 2. The van der Waals surface area contributed by atoms with Crippen LogP contribution in [0.2, 0.25) is 0 Å². The highest BCUT2D eigenvalue weighted by molar-refractivity contribution is 5.10. The van der Waals surface area contributed by atoms with Crippen molar-refractivity contribution in [1.82, 2.24) is 15.0 Å². The summed E-state index contributed by atoms with van der Waals surface area (Å²) >= 11 is 0. The maximum atomic E-state index is 11.5. The van der Waals surface area contributed by atoms with Gasteiger partial charge in [0.25, 0.3) is 5.56 Å². The third-order valence-corrected chi connectivity index (χ3v) is 2.65. The Labute approximate surface area is 90.6 Å². The summed E-state index contributed by atoms with van der Waals surface area (Å²) in [5.41, 5.74) is -0.533. The van der Waals surface area contributed by atoms with Gasteiger partial charge in [0.15, 0.2) is 0 Å². The van der Waals surface area contributed by atoms with E-state index in [1.54, 1.807) is 7.05 Å². The minimum absolute atomic E-state index is 0.0951. The van der Waals surface area contributed by atoms with Crippen molar-refractivity contribution in [3.8, 4) is 0 Å². The maximum Gasteiger partial charge on any atom is 0.325 e. The van der Waals surface area contributed by atoms with Crippen LogP contribution >= 0.6 is 0 Å². The molecule has 1 fully saturated rings. The standard InChI is InChI=1S/C9H13N3O4/c1-12-7(2-5(4-13)16-12)6-3-10-9(15)11-8(6)14/h3,5,7,13H,2,4H2,1H3,(H2,10,11,14,15)/t5-,7+/m1/s1. The zero-order valence-electron chi connectivity index (χ0n) is 8.77. The molecule has 88 valence electrons. The lowest BCUT2D eigenvalue weighted by Gasteiger charge is -2.16. The van der Waals surface area contributed by atoms with Gasteiger partial charge < -0.3 is 10.1 Å². The summed E-state index contributed by atoms with van der Waals surface area (Å²) in [6.45, 7) is -0.0951. The molecule has 2 heterocycles. The molecule has 1 aromatic heterocycles. The summed E-state index contributed by atoms with van der Waals surface area (Å²) in [6, 6.07) is -0.252. The second-order valence-electron chi connectivity index (χ2n) is 3.73. The van der Waals surface area contributed by atoms with E-state index in [1.807, 2.05) is 0 Å². The van der Waals surface area contributed by atoms with Crippen molar-refractivity contribution in [3.63, 3.8) is 0 Å². The third-order valence-electron chi connectivity index (χ3n) is 2.65. The Kier molecular flexibility index (Phi) is 2.90. The summed E-state index contributed by atoms with van der Waals surface area (Å²) in [5, 5.41) is 10.5. The summed E-state index contributed by atoms with van der Waals surface area (Å²) in [5.74, 6) is 0. The summed E-state index contributed by atoms with van der Waals surface area (Å²) in [6.07, 6.45) is 1.59. The van der Waals surface area contributed by atoms with Gasteiger partial charge in [-0.1, -0.05) is 0 Å². The van der Waals surface area contributed by atoms with Gasteiger partial charge in [-0.15, -0.1) is 0 Å². The molecule has 1 aromatic rings. The molecule has 2 atom stereocenters. The lowest BCUT2D eigenvalue weighted by molar-refractivity contribution is -0.153. The van der Waals surface area contributed by atoms with Crippen LogP contribution in [0.5, 0.6) is 0 Å². The predicted octanol–water partition coefficient (Wildman–Crippen LogP) is -1.27. The molecule has 1 aliphatic rings. The normalized spacial score (nSPS) is 26.1. The molecule has 2 rings (SSSR count). The zero-order valence-corrected chi connectivity index (χ0v) is 8.77. The van der Waals surface area contributed by atoms with E-state index >= 15 is 0 Å². The van der Waals surface area contributed by atoms with E-state index in [9.17, 15) is 9.59 Å². The number of nitrogens with zero attached hydrogens (tertiary/aromatic N) is 1. The SMILES string of the molecule is CN1O[C@@H](CO)C[C@H]1c1c[nH]c(=O)[nH]c1=O. The van der Waals surface area contributed by atoms with E-state index in [0.29, 0.717) is 12.0 Å². The first-order chi connectivity index (χ1) is 7.61. The fourth-order valence-corrected chi connectivity index (χ4v) is 1.85. The summed E-state index contributed by atoms with van der Waals surface area (Å²) in [7, 11) is 1.69. The molecule has 1 aliphatic heterocycles. The second kappa shape index (κ2) is 4.20. The van der Waals surface area contributed by atoms with E-state index < -0.39 is 11.2 Å². The van der Waals surface area contributed by atoms with Crippen LogP contribution in [-0.2, 0) is 4.84 Å². The Morgan fingerprint density at radius 2 is 2.38 bits per heavy atom. The van der Waals surface area contributed by atoms with Crippen LogP contribution in [0.4, 0.5) is 0 Å². The molecule has 0 spiro atoms. The van der Waals surface area contributed by atoms with Crippen molar-refractivity contribution < 1.29 is 9.94 Å². The van der Waals surface area contributed by atoms with Crippen LogP contribution < -0.4 is 11.2 Å². The van der Waals surface area contributed by atoms with Gasteiger partial charge in [-0.05, 0) is 0 Å². The Hall–Kier alpha value is -1.44. The van der Waals surface area contributed by atoms with E-state index in [2.05, 4.69) is 9.97 Å². The first-order valence-corrected chi connectivity index (χ1v) is 4.94. The van der Waals surface area contributed by atoms with Gasteiger partial charge in [-0.2, -0.15) is 5.06 Å². The number of hydrogen-bond donors (Lipinski definition) is 3. The monoisotopic (exact) mass is 227 g/mol. The largest absolute Gasteiger partial charge is 0.394 e. The van der Waals surface area contributed by atoms with Gasteiger partial charge in [-0.3, -0.25) is 14.6 Å². The van der Waals surface area contributed by atoms with E-state index in [0.717, 1.165) is 0 Å². The fourth-order valence-electron chi connectivity index (χ4n) is 1.85. The smallest absolute Gasteiger partial charge is 0.325 e. The highest BCUT2D eigenvalue weighted by atomic mass is 16.7. The number of hydrogen-bond acceptors (Lipinski definition) is 5. The number of rotatable bonds is 2. The average Bonchev–Trinajstić information content (AvgIpc) is 2.60. The molecule has 7 heteroatoms. The zero-order chi connectivity index (χ0) is 11.7. The van der Waals surface area contributed by atoms with Gasteiger partial charge in [0, 0.05) is 19.7 Å². The van der Waals surface area contributed by atoms with Crippen molar-refractivity contribution in [2.75, 3.05) is 13.7 Å². The molecular weight excluding hydrogens is 214 g/mol.